The fourth-order valence-corrected chi connectivity index (χ4v) is 2.52. The number of carbonyl (C=O) groups excluding carboxylic acids is 3. The predicted molar refractivity (Wildman–Crippen MR) is 114 cm³/mol. The van der Waals surface area contributed by atoms with E-state index in [9.17, 15) is 14.4 Å². The zero-order valence-electron chi connectivity index (χ0n) is 16.7. The molecule has 0 aliphatic rings. The molecule has 0 heterocycles. The van der Waals surface area contributed by atoms with Crippen LogP contribution in [0.4, 0.5) is 10.5 Å². The van der Waals surface area contributed by atoms with Gasteiger partial charge < -0.3 is 9.64 Å². The van der Waals surface area contributed by atoms with E-state index in [2.05, 4.69) is 15.0 Å². The smallest absolute Gasteiger partial charge is 0.323 e. The van der Waals surface area contributed by atoms with E-state index in [1.807, 2.05) is 6.07 Å². The first-order valence-corrected chi connectivity index (χ1v) is 9.49. The van der Waals surface area contributed by atoms with E-state index in [1.54, 1.807) is 48.5 Å². The van der Waals surface area contributed by atoms with Crippen LogP contribution >= 0.6 is 11.6 Å². The maximum Gasteiger partial charge on any atom is 0.323 e. The van der Waals surface area contributed by atoms with Gasteiger partial charge in [-0.3, -0.25) is 19.8 Å². The van der Waals surface area contributed by atoms with Crippen molar-refractivity contribution in [3.8, 4) is 0 Å². The summed E-state index contributed by atoms with van der Waals surface area (Å²) < 4.78 is 4.59. The standard InChI is InChI=1S/C21H23ClN4O4/c1-25(13-12-19(28)30-2)21(29)24-20(23-18-6-4-3-5-7-18)26(15-27)14-16-8-10-17(22)11-9-16/h3-11,15H,12-14H2,1-2H3,(H,23,24,29). The van der Waals surface area contributed by atoms with E-state index >= 15 is 0 Å². The van der Waals surface area contributed by atoms with Crippen molar-refractivity contribution < 1.29 is 19.1 Å². The van der Waals surface area contributed by atoms with Gasteiger partial charge in [-0.25, -0.2) is 9.79 Å². The minimum atomic E-state index is -0.517. The van der Waals surface area contributed by atoms with Gasteiger partial charge in [0, 0.05) is 18.6 Å². The maximum absolute atomic E-state index is 12.6. The number of ether oxygens (including phenoxy) is 1. The van der Waals surface area contributed by atoms with E-state index in [-0.39, 0.29) is 25.5 Å². The van der Waals surface area contributed by atoms with Gasteiger partial charge in [-0.05, 0) is 29.8 Å². The van der Waals surface area contributed by atoms with Crippen molar-refractivity contribution in [2.75, 3.05) is 20.7 Å². The number of halogens is 1. The number of esters is 1. The summed E-state index contributed by atoms with van der Waals surface area (Å²) >= 11 is 5.92. The molecule has 0 aromatic heterocycles. The number of nitrogens with zero attached hydrogens (tertiary/aromatic N) is 3. The Hall–Kier alpha value is -3.39. The molecular formula is C21H23ClN4O4. The van der Waals surface area contributed by atoms with Gasteiger partial charge in [0.2, 0.25) is 12.4 Å². The van der Waals surface area contributed by atoms with Crippen LogP contribution in [0, 0.1) is 0 Å². The minimum Gasteiger partial charge on any atom is -0.469 e. The molecule has 9 heteroatoms. The normalized spacial score (nSPS) is 10.8. The summed E-state index contributed by atoms with van der Waals surface area (Å²) in [6, 6.07) is 15.4. The highest BCUT2D eigenvalue weighted by Gasteiger charge is 2.18. The molecular weight excluding hydrogens is 408 g/mol. The molecule has 2 aromatic carbocycles. The molecule has 0 bridgehead atoms. The summed E-state index contributed by atoms with van der Waals surface area (Å²) in [6.07, 6.45) is 0.638. The summed E-state index contributed by atoms with van der Waals surface area (Å²) in [5, 5.41) is 3.22. The molecule has 2 rings (SSSR count). The summed E-state index contributed by atoms with van der Waals surface area (Å²) in [5.74, 6) is -0.369. The molecule has 0 aliphatic heterocycles. The monoisotopic (exact) mass is 430 g/mol. The van der Waals surface area contributed by atoms with E-state index in [4.69, 9.17) is 11.6 Å². The Balaban J connectivity index is 2.21. The molecule has 8 nitrogen and oxygen atoms in total. The fraction of sp³-hybridized carbons (Fsp3) is 0.238. The second-order valence-electron chi connectivity index (χ2n) is 6.31. The van der Waals surface area contributed by atoms with Crippen LogP contribution in [0.1, 0.15) is 12.0 Å². The number of rotatable bonds is 7. The zero-order chi connectivity index (χ0) is 21.9. The lowest BCUT2D eigenvalue weighted by molar-refractivity contribution is -0.140. The highest BCUT2D eigenvalue weighted by molar-refractivity contribution is 6.30. The second-order valence-corrected chi connectivity index (χ2v) is 6.75. The van der Waals surface area contributed by atoms with Crippen LogP contribution in [-0.2, 0) is 20.9 Å². The van der Waals surface area contributed by atoms with Crippen molar-refractivity contribution in [1.82, 2.24) is 15.1 Å². The Morgan fingerprint density at radius 3 is 2.40 bits per heavy atom. The largest absolute Gasteiger partial charge is 0.469 e. The third-order valence-corrected chi connectivity index (χ3v) is 4.35. The first kappa shape index (κ1) is 22.9. The number of urea groups is 1. The first-order chi connectivity index (χ1) is 14.4. The number of benzene rings is 2. The predicted octanol–water partition coefficient (Wildman–Crippen LogP) is 3.19. The third kappa shape index (κ3) is 7.21. The second kappa shape index (κ2) is 11.6. The van der Waals surface area contributed by atoms with Gasteiger partial charge in [0.05, 0.1) is 25.8 Å². The van der Waals surface area contributed by atoms with Crippen molar-refractivity contribution in [1.29, 1.82) is 0 Å². The molecule has 0 aliphatic carbocycles. The van der Waals surface area contributed by atoms with E-state index < -0.39 is 12.0 Å². The summed E-state index contributed by atoms with van der Waals surface area (Å²) in [7, 11) is 2.81. The molecule has 3 amide bonds. The van der Waals surface area contributed by atoms with Crippen LogP contribution in [0.25, 0.3) is 0 Å². The van der Waals surface area contributed by atoms with E-state index in [0.717, 1.165) is 5.56 Å². The number of methoxy groups -OCH3 is 1. The Morgan fingerprint density at radius 1 is 1.13 bits per heavy atom. The molecule has 0 unspecified atom stereocenters. The van der Waals surface area contributed by atoms with Crippen molar-refractivity contribution in [3.63, 3.8) is 0 Å². The van der Waals surface area contributed by atoms with Gasteiger partial charge >= 0.3 is 12.0 Å². The zero-order valence-corrected chi connectivity index (χ0v) is 17.5. The number of guanidine groups is 1. The lowest BCUT2D eigenvalue weighted by atomic mass is 10.2. The van der Waals surface area contributed by atoms with Crippen LogP contribution in [-0.4, -0.2) is 54.9 Å². The van der Waals surface area contributed by atoms with Gasteiger partial charge in [0.1, 0.15) is 0 Å². The Labute approximate surface area is 180 Å². The highest BCUT2D eigenvalue weighted by atomic mass is 35.5. The highest BCUT2D eigenvalue weighted by Crippen LogP contribution is 2.14. The van der Waals surface area contributed by atoms with Crippen LogP contribution in [0.3, 0.4) is 0 Å². The van der Waals surface area contributed by atoms with Gasteiger partial charge in [-0.15, -0.1) is 0 Å². The summed E-state index contributed by atoms with van der Waals surface area (Å²) in [5.41, 5.74) is 1.37. The van der Waals surface area contributed by atoms with Crippen LogP contribution in [0.15, 0.2) is 59.6 Å². The Kier molecular flexibility index (Phi) is 8.83. The van der Waals surface area contributed by atoms with Crippen molar-refractivity contribution in [2.45, 2.75) is 13.0 Å². The van der Waals surface area contributed by atoms with E-state index in [1.165, 1.54) is 24.0 Å². The Bertz CT molecular complexity index is 888. The quantitative estimate of drug-likeness (QED) is 0.316. The molecule has 0 radical (unpaired) electrons. The van der Waals surface area contributed by atoms with Crippen LogP contribution < -0.4 is 5.32 Å². The molecule has 2 aromatic rings. The van der Waals surface area contributed by atoms with Crippen LogP contribution in [0.2, 0.25) is 5.02 Å². The number of nitrogens with one attached hydrogen (secondary N) is 1. The SMILES string of the molecule is COC(=O)CCN(C)C(=O)NC(=Nc1ccccc1)N(C=O)Cc1ccc(Cl)cc1. The lowest BCUT2D eigenvalue weighted by Crippen LogP contribution is -2.48. The average molecular weight is 431 g/mol. The molecule has 30 heavy (non-hydrogen) atoms. The van der Waals surface area contributed by atoms with Crippen molar-refractivity contribution >= 4 is 41.7 Å². The fourth-order valence-electron chi connectivity index (χ4n) is 2.39. The topological polar surface area (TPSA) is 91.3 Å². The number of para-hydroxylation sites is 1. The molecule has 1 N–H and O–H groups in total. The third-order valence-electron chi connectivity index (χ3n) is 4.10. The van der Waals surface area contributed by atoms with E-state index in [0.29, 0.717) is 17.1 Å². The van der Waals surface area contributed by atoms with Crippen molar-refractivity contribution in [3.05, 3.63) is 65.2 Å². The summed E-state index contributed by atoms with van der Waals surface area (Å²) in [4.78, 5) is 42.7. The van der Waals surface area contributed by atoms with Gasteiger partial charge in [-0.1, -0.05) is 41.9 Å². The molecule has 0 saturated carbocycles. The molecule has 0 spiro atoms. The number of carbonyl (C=O) groups is 3. The molecule has 158 valence electrons. The van der Waals surface area contributed by atoms with Gasteiger partial charge in [0.15, 0.2) is 0 Å². The number of hydrogen-bond donors (Lipinski definition) is 1. The molecule has 0 atom stereocenters. The average Bonchev–Trinajstić information content (AvgIpc) is 2.77. The first-order valence-electron chi connectivity index (χ1n) is 9.12. The van der Waals surface area contributed by atoms with Crippen molar-refractivity contribution in [2.24, 2.45) is 4.99 Å². The minimum absolute atomic E-state index is 0.0494. The number of aliphatic imine (C=N–C) groups is 1. The van der Waals surface area contributed by atoms with Gasteiger partial charge in [-0.2, -0.15) is 0 Å². The van der Waals surface area contributed by atoms with Crippen LogP contribution in [0.5, 0.6) is 0 Å². The number of amides is 3. The lowest BCUT2D eigenvalue weighted by Gasteiger charge is -2.23. The summed E-state index contributed by atoms with van der Waals surface area (Å²) in [6.45, 7) is 0.327. The molecule has 0 fully saturated rings. The number of hydrogen-bond acceptors (Lipinski definition) is 5. The Morgan fingerprint density at radius 2 is 1.80 bits per heavy atom. The molecule has 0 saturated heterocycles. The maximum atomic E-state index is 12.6. The van der Waals surface area contributed by atoms with Gasteiger partial charge in [0.25, 0.3) is 0 Å².